The average molecular weight is 372 g/mol. The monoisotopic (exact) mass is 371 g/mol. The molecule has 4 rings (SSSR count). The van der Waals surface area contributed by atoms with Crippen LogP contribution >= 0.6 is 11.6 Å². The van der Waals surface area contributed by atoms with Crippen molar-refractivity contribution in [2.45, 2.75) is 24.6 Å². The summed E-state index contributed by atoms with van der Waals surface area (Å²) >= 11 is 6.00. The molecule has 0 radical (unpaired) electrons. The quantitative estimate of drug-likeness (QED) is 0.627. The molecule has 0 spiro atoms. The van der Waals surface area contributed by atoms with Gasteiger partial charge in [-0.1, -0.05) is 17.7 Å². The number of imidazole rings is 1. The number of aromatic nitrogens is 3. The standard InChI is InChI=1S/C16H10ClF4N3O/c17-14-7-12(15-22-3-4-24(15)23-14)11-6-10(11)9-2-1-8(5-13(9)18)25-16(19,20)21/h1-5,7,10-11H,6H2/t10-,11+/m1/s1. The maximum atomic E-state index is 14.2. The summed E-state index contributed by atoms with van der Waals surface area (Å²) in [5, 5.41) is 4.38. The van der Waals surface area contributed by atoms with E-state index in [4.69, 9.17) is 11.6 Å². The van der Waals surface area contributed by atoms with Gasteiger partial charge in [-0.2, -0.15) is 5.10 Å². The minimum Gasteiger partial charge on any atom is -0.406 e. The smallest absolute Gasteiger partial charge is 0.406 e. The summed E-state index contributed by atoms with van der Waals surface area (Å²) in [4.78, 5) is 4.23. The van der Waals surface area contributed by atoms with Gasteiger partial charge in [0.1, 0.15) is 16.7 Å². The number of nitrogens with zero attached hydrogens (tertiary/aromatic N) is 3. The number of benzene rings is 1. The molecule has 0 saturated heterocycles. The molecule has 1 aromatic carbocycles. The van der Waals surface area contributed by atoms with E-state index in [1.807, 2.05) is 0 Å². The molecule has 1 aliphatic carbocycles. The lowest BCUT2D eigenvalue weighted by Gasteiger charge is -2.10. The fourth-order valence-electron chi connectivity index (χ4n) is 3.07. The zero-order valence-electron chi connectivity index (χ0n) is 12.5. The Balaban J connectivity index is 1.61. The van der Waals surface area contributed by atoms with Crippen molar-refractivity contribution in [3.05, 3.63) is 58.8 Å². The summed E-state index contributed by atoms with van der Waals surface area (Å²) in [5.41, 5.74) is 1.82. The molecular formula is C16H10ClF4N3O. The number of halogens is 5. The molecule has 0 unspecified atom stereocenters. The number of hydrogen-bond donors (Lipinski definition) is 0. The maximum absolute atomic E-state index is 14.2. The van der Waals surface area contributed by atoms with Crippen LogP contribution in [0.25, 0.3) is 5.65 Å². The molecular weight excluding hydrogens is 362 g/mol. The van der Waals surface area contributed by atoms with Crippen LogP contribution in [0, 0.1) is 5.82 Å². The van der Waals surface area contributed by atoms with E-state index in [1.165, 1.54) is 6.07 Å². The van der Waals surface area contributed by atoms with Gasteiger partial charge in [0.15, 0.2) is 5.65 Å². The highest BCUT2D eigenvalue weighted by molar-refractivity contribution is 6.29. The minimum absolute atomic E-state index is 0.0192. The first-order valence-corrected chi connectivity index (χ1v) is 7.74. The van der Waals surface area contributed by atoms with Gasteiger partial charge in [-0.15, -0.1) is 13.2 Å². The molecule has 25 heavy (non-hydrogen) atoms. The second-order valence-corrected chi connectivity index (χ2v) is 6.18. The minimum atomic E-state index is -4.85. The predicted octanol–water partition coefficient (Wildman–Crippen LogP) is 4.69. The van der Waals surface area contributed by atoms with Gasteiger partial charge in [0.05, 0.1) is 0 Å². The molecule has 0 amide bonds. The maximum Gasteiger partial charge on any atom is 0.573 e. The average Bonchev–Trinajstić information content (AvgIpc) is 3.14. The van der Waals surface area contributed by atoms with Crippen molar-refractivity contribution < 1.29 is 22.3 Å². The van der Waals surface area contributed by atoms with Crippen LogP contribution in [0.1, 0.15) is 29.4 Å². The first-order chi connectivity index (χ1) is 11.8. The van der Waals surface area contributed by atoms with Crippen LogP contribution in [0.4, 0.5) is 17.6 Å². The molecule has 2 aromatic heterocycles. The summed E-state index contributed by atoms with van der Waals surface area (Å²) in [6.07, 6.45) is -0.954. The van der Waals surface area contributed by atoms with E-state index < -0.39 is 17.9 Å². The third kappa shape index (κ3) is 3.13. The molecule has 1 aliphatic rings. The van der Waals surface area contributed by atoms with Crippen molar-refractivity contribution in [1.82, 2.24) is 14.6 Å². The molecule has 4 nitrogen and oxygen atoms in total. The SMILES string of the molecule is Fc1cc(OC(F)(F)F)ccc1[C@H]1C[C@@H]1c1cc(Cl)nn2ccnc12. The Morgan fingerprint density at radius 1 is 1.16 bits per heavy atom. The summed E-state index contributed by atoms with van der Waals surface area (Å²) in [7, 11) is 0. The molecule has 2 heterocycles. The molecule has 0 bridgehead atoms. The number of fused-ring (bicyclic) bond motifs is 1. The largest absolute Gasteiger partial charge is 0.573 e. The normalized spacial score (nSPS) is 20.0. The van der Waals surface area contributed by atoms with Crippen LogP contribution in [0.3, 0.4) is 0 Å². The van der Waals surface area contributed by atoms with Crippen LogP contribution in [0.5, 0.6) is 5.75 Å². The number of ether oxygens (including phenoxy) is 1. The van der Waals surface area contributed by atoms with Gasteiger partial charge in [0.25, 0.3) is 0 Å². The van der Waals surface area contributed by atoms with E-state index in [0.717, 1.165) is 17.7 Å². The van der Waals surface area contributed by atoms with Gasteiger partial charge in [0, 0.05) is 24.0 Å². The topological polar surface area (TPSA) is 39.4 Å². The first-order valence-electron chi connectivity index (χ1n) is 7.37. The predicted molar refractivity (Wildman–Crippen MR) is 81.2 cm³/mol. The van der Waals surface area contributed by atoms with Gasteiger partial charge in [-0.3, -0.25) is 0 Å². The van der Waals surface area contributed by atoms with E-state index in [-0.39, 0.29) is 11.8 Å². The van der Waals surface area contributed by atoms with E-state index in [2.05, 4.69) is 14.8 Å². The third-order valence-corrected chi connectivity index (χ3v) is 4.34. The number of alkyl halides is 3. The van der Waals surface area contributed by atoms with Crippen molar-refractivity contribution in [3.63, 3.8) is 0 Å². The van der Waals surface area contributed by atoms with Crippen molar-refractivity contribution in [3.8, 4) is 5.75 Å². The Labute approximate surface area is 144 Å². The van der Waals surface area contributed by atoms with E-state index >= 15 is 0 Å². The fourth-order valence-corrected chi connectivity index (χ4v) is 3.27. The molecule has 1 saturated carbocycles. The van der Waals surface area contributed by atoms with Crippen LogP contribution < -0.4 is 4.74 Å². The Hall–Kier alpha value is -2.35. The van der Waals surface area contributed by atoms with Gasteiger partial charge < -0.3 is 4.74 Å². The van der Waals surface area contributed by atoms with Crippen molar-refractivity contribution >= 4 is 17.2 Å². The zero-order valence-corrected chi connectivity index (χ0v) is 13.2. The third-order valence-electron chi connectivity index (χ3n) is 4.15. The molecule has 0 N–H and O–H groups in total. The summed E-state index contributed by atoms with van der Waals surface area (Å²) in [5.74, 6) is -1.48. The molecule has 9 heteroatoms. The lowest BCUT2D eigenvalue weighted by molar-refractivity contribution is -0.274. The molecule has 130 valence electrons. The Morgan fingerprint density at radius 3 is 2.64 bits per heavy atom. The van der Waals surface area contributed by atoms with Crippen LogP contribution in [-0.4, -0.2) is 21.0 Å². The summed E-state index contributed by atoms with van der Waals surface area (Å²) in [6.45, 7) is 0. The molecule has 1 fully saturated rings. The first kappa shape index (κ1) is 16.1. The zero-order chi connectivity index (χ0) is 17.8. The van der Waals surface area contributed by atoms with Crippen LogP contribution in [0.15, 0.2) is 36.7 Å². The van der Waals surface area contributed by atoms with Crippen molar-refractivity contribution in [2.24, 2.45) is 0 Å². The van der Waals surface area contributed by atoms with Gasteiger partial charge in [-0.25, -0.2) is 13.9 Å². The Bertz CT molecular complexity index is 956. The van der Waals surface area contributed by atoms with E-state index in [1.54, 1.807) is 23.0 Å². The lowest BCUT2D eigenvalue weighted by atomic mass is 10.0. The second-order valence-electron chi connectivity index (χ2n) is 5.80. The van der Waals surface area contributed by atoms with Gasteiger partial charge >= 0.3 is 6.36 Å². The van der Waals surface area contributed by atoms with Crippen LogP contribution in [-0.2, 0) is 0 Å². The highest BCUT2D eigenvalue weighted by Gasteiger charge is 2.43. The second kappa shape index (κ2) is 5.59. The Kier molecular flexibility index (Phi) is 3.61. The summed E-state index contributed by atoms with van der Waals surface area (Å²) < 4.78 is 56.1. The van der Waals surface area contributed by atoms with Crippen molar-refractivity contribution in [2.75, 3.05) is 0 Å². The molecule has 3 aromatic rings. The highest BCUT2D eigenvalue weighted by atomic mass is 35.5. The molecule has 0 aliphatic heterocycles. The highest BCUT2D eigenvalue weighted by Crippen LogP contribution is 2.56. The Morgan fingerprint density at radius 2 is 1.92 bits per heavy atom. The van der Waals surface area contributed by atoms with Crippen LogP contribution in [0.2, 0.25) is 5.15 Å². The van der Waals surface area contributed by atoms with Gasteiger partial charge in [0.2, 0.25) is 0 Å². The fraction of sp³-hybridized carbons (Fsp3) is 0.250. The van der Waals surface area contributed by atoms with Crippen molar-refractivity contribution in [1.29, 1.82) is 0 Å². The van der Waals surface area contributed by atoms with E-state index in [9.17, 15) is 17.6 Å². The van der Waals surface area contributed by atoms with E-state index in [0.29, 0.717) is 22.8 Å². The van der Waals surface area contributed by atoms with Gasteiger partial charge in [-0.05, 0) is 36.0 Å². The number of rotatable bonds is 3. The lowest BCUT2D eigenvalue weighted by Crippen LogP contribution is -2.17. The molecule has 2 atom stereocenters. The number of hydrogen-bond acceptors (Lipinski definition) is 3. The summed E-state index contributed by atoms with van der Waals surface area (Å²) in [6, 6.07) is 4.88.